The van der Waals surface area contributed by atoms with Crippen molar-refractivity contribution in [2.24, 2.45) is 0 Å². The Morgan fingerprint density at radius 2 is 2.16 bits per heavy atom. The zero-order valence-electron chi connectivity index (χ0n) is 10.7. The van der Waals surface area contributed by atoms with Crippen LogP contribution in [0.1, 0.15) is 23.6 Å². The van der Waals surface area contributed by atoms with Crippen molar-refractivity contribution in [3.8, 4) is 5.69 Å². The maximum Gasteiger partial charge on any atom is 0.303 e. The highest BCUT2D eigenvalue weighted by Gasteiger charge is 2.11. The number of carboxylic acids is 1. The minimum atomic E-state index is -0.853. The topological polar surface area (TPSA) is 68.0 Å². The average molecular weight is 280 g/mol. The first-order valence-electron chi connectivity index (χ1n) is 5.88. The molecule has 100 valence electrons. The molecule has 0 unspecified atom stereocenters. The molecule has 2 aromatic rings. The lowest BCUT2D eigenvalue weighted by molar-refractivity contribution is -0.137. The molecule has 0 saturated heterocycles. The number of aromatic nitrogens is 3. The Morgan fingerprint density at radius 3 is 2.79 bits per heavy atom. The fourth-order valence-corrected chi connectivity index (χ4v) is 1.93. The number of carboxylic acid groups (broad SMARTS) is 1. The summed E-state index contributed by atoms with van der Waals surface area (Å²) in [5, 5.41) is 13.7. The van der Waals surface area contributed by atoms with Gasteiger partial charge in [0.1, 0.15) is 11.6 Å². The first-order chi connectivity index (χ1) is 8.97. The van der Waals surface area contributed by atoms with Crippen LogP contribution in [0.5, 0.6) is 0 Å². The molecule has 0 atom stereocenters. The van der Waals surface area contributed by atoms with Crippen LogP contribution in [-0.4, -0.2) is 25.8 Å². The van der Waals surface area contributed by atoms with Gasteiger partial charge in [0, 0.05) is 11.4 Å². The van der Waals surface area contributed by atoms with Gasteiger partial charge in [-0.25, -0.2) is 9.67 Å². The number of nitrogens with zero attached hydrogens (tertiary/aromatic N) is 3. The molecule has 2 rings (SSSR count). The summed E-state index contributed by atoms with van der Waals surface area (Å²) in [5.41, 5.74) is 1.77. The van der Waals surface area contributed by atoms with Crippen molar-refractivity contribution in [3.63, 3.8) is 0 Å². The largest absolute Gasteiger partial charge is 0.481 e. The van der Waals surface area contributed by atoms with Gasteiger partial charge in [0.15, 0.2) is 0 Å². The summed E-state index contributed by atoms with van der Waals surface area (Å²) in [7, 11) is 0. The van der Waals surface area contributed by atoms with Crippen LogP contribution in [0.15, 0.2) is 18.2 Å². The van der Waals surface area contributed by atoms with Crippen LogP contribution in [0.2, 0.25) is 5.02 Å². The number of hydrogen-bond donors (Lipinski definition) is 1. The lowest BCUT2D eigenvalue weighted by Crippen LogP contribution is -2.06. The van der Waals surface area contributed by atoms with Crippen LogP contribution in [0.4, 0.5) is 0 Å². The normalized spacial score (nSPS) is 10.7. The van der Waals surface area contributed by atoms with Crippen molar-refractivity contribution >= 4 is 17.6 Å². The third-order valence-corrected chi connectivity index (χ3v) is 3.15. The van der Waals surface area contributed by atoms with Crippen molar-refractivity contribution in [2.75, 3.05) is 0 Å². The summed E-state index contributed by atoms with van der Waals surface area (Å²) >= 11 is 6.09. The quantitative estimate of drug-likeness (QED) is 0.934. The molecule has 19 heavy (non-hydrogen) atoms. The molecule has 0 aliphatic rings. The SMILES string of the molecule is Cc1nc(CCC(=O)O)n(-c2ccc(C)c(Cl)c2)n1. The van der Waals surface area contributed by atoms with Crippen molar-refractivity contribution in [1.82, 2.24) is 14.8 Å². The van der Waals surface area contributed by atoms with Crippen LogP contribution in [-0.2, 0) is 11.2 Å². The van der Waals surface area contributed by atoms with Crippen molar-refractivity contribution < 1.29 is 9.90 Å². The maximum atomic E-state index is 10.6. The van der Waals surface area contributed by atoms with Gasteiger partial charge in [-0.1, -0.05) is 17.7 Å². The number of carbonyl (C=O) groups is 1. The van der Waals surface area contributed by atoms with Crippen molar-refractivity contribution in [2.45, 2.75) is 26.7 Å². The highest BCUT2D eigenvalue weighted by Crippen LogP contribution is 2.20. The van der Waals surface area contributed by atoms with Gasteiger partial charge in [-0.2, -0.15) is 5.10 Å². The molecular formula is C13H14ClN3O2. The minimum Gasteiger partial charge on any atom is -0.481 e. The van der Waals surface area contributed by atoms with Gasteiger partial charge in [0.2, 0.25) is 0 Å². The van der Waals surface area contributed by atoms with Crippen LogP contribution in [0, 0.1) is 13.8 Å². The molecular weight excluding hydrogens is 266 g/mol. The Morgan fingerprint density at radius 1 is 1.42 bits per heavy atom. The zero-order valence-corrected chi connectivity index (χ0v) is 11.5. The van der Waals surface area contributed by atoms with Gasteiger partial charge >= 0.3 is 5.97 Å². The van der Waals surface area contributed by atoms with E-state index in [0.29, 0.717) is 23.1 Å². The van der Waals surface area contributed by atoms with E-state index >= 15 is 0 Å². The van der Waals surface area contributed by atoms with E-state index in [9.17, 15) is 4.79 Å². The summed E-state index contributed by atoms with van der Waals surface area (Å²) < 4.78 is 1.64. The predicted molar refractivity (Wildman–Crippen MR) is 71.8 cm³/mol. The molecule has 0 spiro atoms. The smallest absolute Gasteiger partial charge is 0.303 e. The summed E-state index contributed by atoms with van der Waals surface area (Å²) in [5.74, 6) is 0.381. The Hall–Kier alpha value is -1.88. The zero-order chi connectivity index (χ0) is 14.0. The number of aliphatic carboxylic acids is 1. The number of aryl methyl sites for hydroxylation is 3. The Labute approximate surface area is 115 Å². The van der Waals surface area contributed by atoms with Crippen molar-refractivity contribution in [3.05, 3.63) is 40.4 Å². The van der Waals surface area contributed by atoms with E-state index in [1.165, 1.54) is 0 Å². The van der Waals surface area contributed by atoms with Gasteiger partial charge in [-0.15, -0.1) is 0 Å². The molecule has 5 nitrogen and oxygen atoms in total. The first-order valence-corrected chi connectivity index (χ1v) is 6.26. The number of benzene rings is 1. The van der Waals surface area contributed by atoms with Crippen LogP contribution < -0.4 is 0 Å². The third-order valence-electron chi connectivity index (χ3n) is 2.74. The average Bonchev–Trinajstić information content (AvgIpc) is 2.71. The number of hydrogen-bond acceptors (Lipinski definition) is 3. The van der Waals surface area contributed by atoms with E-state index in [0.717, 1.165) is 11.3 Å². The first kappa shape index (κ1) is 13.5. The molecule has 0 bridgehead atoms. The fourth-order valence-electron chi connectivity index (χ4n) is 1.76. The number of rotatable bonds is 4. The second-order valence-corrected chi connectivity index (χ2v) is 4.72. The molecule has 0 radical (unpaired) electrons. The van der Waals surface area contributed by atoms with Gasteiger partial charge in [0.25, 0.3) is 0 Å². The second-order valence-electron chi connectivity index (χ2n) is 4.31. The summed E-state index contributed by atoms with van der Waals surface area (Å²) in [4.78, 5) is 14.9. The Kier molecular flexibility index (Phi) is 3.85. The van der Waals surface area contributed by atoms with E-state index < -0.39 is 5.97 Å². The minimum absolute atomic E-state index is 0.0255. The lowest BCUT2D eigenvalue weighted by Gasteiger charge is -2.06. The van der Waals surface area contributed by atoms with E-state index in [-0.39, 0.29) is 6.42 Å². The Balaban J connectivity index is 2.37. The molecule has 0 amide bonds. The van der Waals surface area contributed by atoms with Crippen molar-refractivity contribution in [1.29, 1.82) is 0 Å². The highest BCUT2D eigenvalue weighted by molar-refractivity contribution is 6.31. The van der Waals surface area contributed by atoms with Gasteiger partial charge in [-0.3, -0.25) is 4.79 Å². The monoisotopic (exact) mass is 279 g/mol. The number of halogens is 1. The van der Waals surface area contributed by atoms with E-state index in [2.05, 4.69) is 10.1 Å². The molecule has 0 aliphatic heterocycles. The van der Waals surface area contributed by atoms with E-state index in [1.54, 1.807) is 17.7 Å². The maximum absolute atomic E-state index is 10.6. The summed E-state index contributed by atoms with van der Waals surface area (Å²) in [6.07, 6.45) is 0.361. The predicted octanol–water partition coefficient (Wildman–Crippen LogP) is 2.55. The van der Waals surface area contributed by atoms with Gasteiger partial charge < -0.3 is 5.11 Å². The molecule has 1 aromatic heterocycles. The molecule has 0 fully saturated rings. The highest BCUT2D eigenvalue weighted by atomic mass is 35.5. The second kappa shape index (κ2) is 5.40. The molecule has 1 N–H and O–H groups in total. The summed E-state index contributed by atoms with van der Waals surface area (Å²) in [6.45, 7) is 3.70. The van der Waals surface area contributed by atoms with Crippen LogP contribution >= 0.6 is 11.6 Å². The molecule has 0 saturated carbocycles. The van der Waals surface area contributed by atoms with E-state index in [4.69, 9.17) is 16.7 Å². The lowest BCUT2D eigenvalue weighted by atomic mass is 10.2. The van der Waals surface area contributed by atoms with E-state index in [1.807, 2.05) is 19.1 Å². The molecule has 6 heteroatoms. The standard InChI is InChI=1S/C13H14ClN3O2/c1-8-3-4-10(7-11(8)14)17-12(5-6-13(18)19)15-9(2)16-17/h3-4,7H,5-6H2,1-2H3,(H,18,19). The third kappa shape index (κ3) is 3.12. The summed E-state index contributed by atoms with van der Waals surface area (Å²) in [6, 6.07) is 5.59. The van der Waals surface area contributed by atoms with Crippen LogP contribution in [0.3, 0.4) is 0 Å². The fraction of sp³-hybridized carbons (Fsp3) is 0.308. The van der Waals surface area contributed by atoms with Gasteiger partial charge in [-0.05, 0) is 31.5 Å². The molecule has 1 aromatic carbocycles. The molecule has 0 aliphatic carbocycles. The van der Waals surface area contributed by atoms with Crippen LogP contribution in [0.25, 0.3) is 5.69 Å². The Bertz CT molecular complexity index is 622. The molecule has 1 heterocycles. The van der Waals surface area contributed by atoms with Gasteiger partial charge in [0.05, 0.1) is 12.1 Å².